The van der Waals surface area contributed by atoms with Gasteiger partial charge in [0.25, 0.3) is 10.0 Å². The van der Waals surface area contributed by atoms with Gasteiger partial charge in [0.15, 0.2) is 5.82 Å². The largest absolute Gasteiger partial charge is 0.316 e. The van der Waals surface area contributed by atoms with Crippen molar-refractivity contribution in [3.8, 4) is 11.3 Å². The minimum atomic E-state index is -4.16. The fraction of sp³-hybridized carbons (Fsp3) is 0.200. The van der Waals surface area contributed by atoms with Gasteiger partial charge in [-0.2, -0.15) is 9.49 Å². The molecule has 0 aliphatic carbocycles. The lowest BCUT2D eigenvalue weighted by molar-refractivity contribution is 0.575. The van der Waals surface area contributed by atoms with E-state index < -0.39 is 27.5 Å². The minimum Gasteiger partial charge on any atom is -0.316 e. The van der Waals surface area contributed by atoms with E-state index in [-0.39, 0.29) is 22.6 Å². The topological polar surface area (TPSA) is 81.8 Å². The highest BCUT2D eigenvalue weighted by atomic mass is 32.2. The van der Waals surface area contributed by atoms with Crippen molar-refractivity contribution in [1.82, 2.24) is 24.1 Å². The van der Waals surface area contributed by atoms with Gasteiger partial charge in [-0.15, -0.1) is 0 Å². The molecule has 0 aliphatic heterocycles. The highest BCUT2D eigenvalue weighted by Crippen LogP contribution is 2.31. The summed E-state index contributed by atoms with van der Waals surface area (Å²) in [5.41, 5.74) is -0.553. The number of nitrogens with one attached hydrogen (secondary N) is 1. The Morgan fingerprint density at radius 2 is 2.04 bits per heavy atom. The lowest BCUT2D eigenvalue weighted by Crippen LogP contribution is -2.13. The van der Waals surface area contributed by atoms with Gasteiger partial charge >= 0.3 is 0 Å². The van der Waals surface area contributed by atoms with Crippen LogP contribution in [-0.2, 0) is 23.6 Å². The Morgan fingerprint density at radius 1 is 1.28 bits per heavy atom. The smallest absolute Gasteiger partial charge is 0.271 e. The molecule has 10 heteroatoms. The standard InChI is InChI=1S/C15H15F2N5O2S/c1-18-6-10-8-22(25(23,24)11-7-20-21(2)9-11)14(13(10)16)12-4-3-5-19-15(12)17/h3-5,7-9,18H,6H2,1-2H3. The molecule has 0 bridgehead atoms. The molecule has 0 saturated heterocycles. The normalized spacial score (nSPS) is 11.8. The SMILES string of the molecule is CNCc1cn(S(=O)(=O)c2cnn(C)c2)c(-c2cccnc2F)c1F. The third-order valence-corrected chi connectivity index (χ3v) is 5.22. The third kappa shape index (κ3) is 2.94. The first-order chi connectivity index (χ1) is 11.9. The van der Waals surface area contributed by atoms with Gasteiger partial charge in [-0.25, -0.2) is 21.8 Å². The zero-order chi connectivity index (χ0) is 18.2. The molecular weight excluding hydrogens is 352 g/mol. The van der Waals surface area contributed by atoms with Crippen LogP contribution in [-0.4, -0.2) is 34.2 Å². The Labute approximate surface area is 143 Å². The van der Waals surface area contributed by atoms with E-state index in [9.17, 15) is 17.2 Å². The summed E-state index contributed by atoms with van der Waals surface area (Å²) in [4.78, 5) is 3.35. The van der Waals surface area contributed by atoms with Gasteiger partial charge in [0.1, 0.15) is 10.6 Å². The second-order valence-electron chi connectivity index (χ2n) is 5.34. The lowest BCUT2D eigenvalue weighted by Gasteiger charge is -2.09. The molecule has 0 saturated carbocycles. The van der Waals surface area contributed by atoms with Crippen LogP contribution in [0.15, 0.2) is 41.8 Å². The molecule has 0 aromatic carbocycles. The van der Waals surface area contributed by atoms with E-state index in [1.54, 1.807) is 14.1 Å². The summed E-state index contributed by atoms with van der Waals surface area (Å²) >= 11 is 0. The number of rotatable bonds is 5. The second kappa shape index (κ2) is 6.37. The fourth-order valence-electron chi connectivity index (χ4n) is 2.46. The summed E-state index contributed by atoms with van der Waals surface area (Å²) in [7, 11) is -1.01. The number of nitrogens with zero attached hydrogens (tertiary/aromatic N) is 4. The molecule has 0 spiro atoms. The zero-order valence-corrected chi connectivity index (χ0v) is 14.3. The van der Waals surface area contributed by atoms with Crippen LogP contribution < -0.4 is 5.32 Å². The van der Waals surface area contributed by atoms with Crippen LogP contribution in [0.2, 0.25) is 0 Å². The molecule has 0 unspecified atom stereocenters. The molecule has 7 nitrogen and oxygen atoms in total. The molecule has 1 N–H and O–H groups in total. The van der Waals surface area contributed by atoms with E-state index in [4.69, 9.17) is 0 Å². The van der Waals surface area contributed by atoms with E-state index >= 15 is 0 Å². The monoisotopic (exact) mass is 367 g/mol. The molecular formula is C15H15F2N5O2S. The highest BCUT2D eigenvalue weighted by Gasteiger charge is 2.28. The van der Waals surface area contributed by atoms with Gasteiger partial charge in [-0.3, -0.25) is 4.68 Å². The van der Waals surface area contributed by atoms with E-state index in [0.29, 0.717) is 0 Å². The Bertz CT molecular complexity index is 1030. The molecule has 0 radical (unpaired) electrons. The molecule has 25 heavy (non-hydrogen) atoms. The number of hydrogen-bond acceptors (Lipinski definition) is 5. The first-order valence-electron chi connectivity index (χ1n) is 7.25. The first kappa shape index (κ1) is 17.2. The minimum absolute atomic E-state index is 0.0796. The average molecular weight is 367 g/mol. The Hall–Kier alpha value is -2.59. The molecule has 3 aromatic heterocycles. The van der Waals surface area contributed by atoms with Gasteiger partial charge in [0.05, 0.1) is 11.8 Å². The number of hydrogen-bond donors (Lipinski definition) is 1. The van der Waals surface area contributed by atoms with Crippen LogP contribution in [0.3, 0.4) is 0 Å². The zero-order valence-electron chi connectivity index (χ0n) is 13.4. The predicted octanol–water partition coefficient (Wildman–Crippen LogP) is 1.52. The number of aromatic nitrogens is 4. The maximum atomic E-state index is 14.9. The number of aryl methyl sites for hydroxylation is 1. The van der Waals surface area contributed by atoms with Crippen LogP contribution in [0.25, 0.3) is 11.3 Å². The average Bonchev–Trinajstić information content (AvgIpc) is 3.14. The van der Waals surface area contributed by atoms with E-state index in [2.05, 4.69) is 15.4 Å². The van der Waals surface area contributed by atoms with E-state index in [0.717, 1.165) is 16.4 Å². The first-order valence-corrected chi connectivity index (χ1v) is 8.69. The van der Waals surface area contributed by atoms with Crippen molar-refractivity contribution in [3.63, 3.8) is 0 Å². The summed E-state index contributed by atoms with van der Waals surface area (Å²) in [5, 5.41) is 6.58. The van der Waals surface area contributed by atoms with Crippen LogP contribution in [0, 0.1) is 11.8 Å². The Kier molecular flexibility index (Phi) is 4.39. The van der Waals surface area contributed by atoms with E-state index in [1.807, 2.05) is 0 Å². The number of pyridine rings is 1. The molecule has 132 valence electrons. The van der Waals surface area contributed by atoms with Crippen LogP contribution >= 0.6 is 0 Å². The summed E-state index contributed by atoms with van der Waals surface area (Å²) in [5.74, 6) is -1.79. The summed E-state index contributed by atoms with van der Waals surface area (Å²) in [6.45, 7) is 0.0796. The van der Waals surface area contributed by atoms with Gasteiger partial charge in [0.2, 0.25) is 5.95 Å². The maximum absolute atomic E-state index is 14.9. The molecule has 0 amide bonds. The van der Waals surface area contributed by atoms with Crippen molar-refractivity contribution >= 4 is 10.0 Å². The predicted molar refractivity (Wildman–Crippen MR) is 86.1 cm³/mol. The quantitative estimate of drug-likeness (QED) is 0.692. The second-order valence-corrected chi connectivity index (χ2v) is 7.15. The van der Waals surface area contributed by atoms with Gasteiger partial charge in [0, 0.05) is 37.7 Å². The molecule has 0 atom stereocenters. The van der Waals surface area contributed by atoms with Crippen molar-refractivity contribution in [2.24, 2.45) is 7.05 Å². The van der Waals surface area contributed by atoms with Crippen LogP contribution in [0.4, 0.5) is 8.78 Å². The maximum Gasteiger partial charge on any atom is 0.271 e. The fourth-order valence-corrected chi connectivity index (χ4v) is 3.84. The number of halogens is 2. The van der Waals surface area contributed by atoms with Crippen LogP contribution in [0.5, 0.6) is 0 Å². The van der Waals surface area contributed by atoms with E-state index in [1.165, 1.54) is 29.2 Å². The highest BCUT2D eigenvalue weighted by molar-refractivity contribution is 7.90. The molecule has 3 heterocycles. The Balaban J connectivity index is 2.30. The summed E-state index contributed by atoms with van der Waals surface area (Å²) in [6, 6.07) is 2.68. The molecule has 0 aliphatic rings. The third-order valence-electron chi connectivity index (χ3n) is 3.60. The van der Waals surface area contributed by atoms with Crippen molar-refractivity contribution < 1.29 is 17.2 Å². The summed E-state index contributed by atoms with van der Waals surface area (Å²) in [6.07, 6.45) is 4.77. The van der Waals surface area contributed by atoms with Gasteiger partial charge in [-0.1, -0.05) is 0 Å². The molecule has 0 fully saturated rings. The molecule has 3 rings (SSSR count). The van der Waals surface area contributed by atoms with Gasteiger partial charge in [-0.05, 0) is 19.2 Å². The van der Waals surface area contributed by atoms with Crippen molar-refractivity contribution in [2.75, 3.05) is 7.05 Å². The summed E-state index contributed by atoms with van der Waals surface area (Å²) < 4.78 is 56.8. The lowest BCUT2D eigenvalue weighted by atomic mass is 10.2. The molecule has 3 aromatic rings. The van der Waals surface area contributed by atoms with Crippen LogP contribution in [0.1, 0.15) is 5.56 Å². The van der Waals surface area contributed by atoms with Crippen molar-refractivity contribution in [3.05, 3.63) is 54.2 Å². The van der Waals surface area contributed by atoms with Crippen molar-refractivity contribution in [1.29, 1.82) is 0 Å². The van der Waals surface area contributed by atoms with Gasteiger partial charge < -0.3 is 5.32 Å². The van der Waals surface area contributed by atoms with Crippen molar-refractivity contribution in [2.45, 2.75) is 11.4 Å². The Morgan fingerprint density at radius 3 is 2.64 bits per heavy atom.